The number of nitrogens with one attached hydrogen (secondary N) is 1. The fourth-order valence-corrected chi connectivity index (χ4v) is 2.93. The van der Waals surface area contributed by atoms with Crippen molar-refractivity contribution in [2.45, 2.75) is 46.6 Å². The highest BCUT2D eigenvalue weighted by Crippen LogP contribution is 2.31. The standard InChI is InChI=1S/C15H26N4/c1-6-13-17-14(16-5)8-15(18-13)19-9-10(2)7-11(3)12(19)4/h8,10-12H,6-7,9H2,1-5H3,(H,16,17,18). The Morgan fingerprint density at radius 1 is 1.32 bits per heavy atom. The minimum absolute atomic E-state index is 0.542. The molecule has 0 saturated carbocycles. The molecule has 0 radical (unpaired) electrons. The van der Waals surface area contributed by atoms with Crippen molar-refractivity contribution < 1.29 is 0 Å². The molecule has 4 nitrogen and oxygen atoms in total. The predicted molar refractivity (Wildman–Crippen MR) is 80.7 cm³/mol. The van der Waals surface area contributed by atoms with Crippen LogP contribution in [0.1, 0.15) is 39.9 Å². The Hall–Kier alpha value is -1.32. The van der Waals surface area contributed by atoms with E-state index in [2.05, 4.69) is 49.0 Å². The van der Waals surface area contributed by atoms with E-state index in [-0.39, 0.29) is 0 Å². The third-order valence-corrected chi connectivity index (χ3v) is 4.22. The SMILES string of the molecule is CCc1nc(NC)cc(N2CC(C)CC(C)C2C)n1. The summed E-state index contributed by atoms with van der Waals surface area (Å²) in [6, 6.07) is 2.61. The molecular weight excluding hydrogens is 236 g/mol. The smallest absolute Gasteiger partial charge is 0.134 e. The van der Waals surface area contributed by atoms with Gasteiger partial charge in [-0.25, -0.2) is 9.97 Å². The maximum atomic E-state index is 4.72. The fourth-order valence-electron chi connectivity index (χ4n) is 2.93. The number of anilines is 2. The van der Waals surface area contributed by atoms with Gasteiger partial charge < -0.3 is 10.2 Å². The van der Waals surface area contributed by atoms with Crippen LogP contribution in [0.5, 0.6) is 0 Å². The maximum absolute atomic E-state index is 4.72. The lowest BCUT2D eigenvalue weighted by Gasteiger charge is -2.42. The molecule has 1 aromatic rings. The average molecular weight is 262 g/mol. The molecule has 1 aromatic heterocycles. The number of hydrogen-bond acceptors (Lipinski definition) is 4. The Kier molecular flexibility index (Phi) is 4.27. The minimum Gasteiger partial charge on any atom is -0.373 e. The third kappa shape index (κ3) is 2.99. The zero-order valence-electron chi connectivity index (χ0n) is 12.8. The number of aromatic nitrogens is 2. The molecule has 0 bridgehead atoms. The van der Waals surface area contributed by atoms with Gasteiger partial charge in [0.25, 0.3) is 0 Å². The molecule has 106 valence electrons. The molecule has 4 heteroatoms. The average Bonchev–Trinajstić information content (AvgIpc) is 2.42. The normalized spacial score (nSPS) is 27.4. The fraction of sp³-hybridized carbons (Fsp3) is 0.733. The van der Waals surface area contributed by atoms with Gasteiger partial charge in [0.15, 0.2) is 0 Å². The maximum Gasteiger partial charge on any atom is 0.134 e. The van der Waals surface area contributed by atoms with Gasteiger partial charge in [-0.1, -0.05) is 20.8 Å². The van der Waals surface area contributed by atoms with E-state index in [0.717, 1.165) is 36.3 Å². The number of piperidine rings is 1. The van der Waals surface area contributed by atoms with E-state index in [4.69, 9.17) is 4.98 Å². The lowest BCUT2D eigenvalue weighted by atomic mass is 9.86. The molecule has 3 unspecified atom stereocenters. The van der Waals surface area contributed by atoms with Crippen LogP contribution in [0.3, 0.4) is 0 Å². The van der Waals surface area contributed by atoms with E-state index in [1.807, 2.05) is 7.05 Å². The van der Waals surface area contributed by atoms with Crippen LogP contribution >= 0.6 is 0 Å². The van der Waals surface area contributed by atoms with Gasteiger partial charge >= 0.3 is 0 Å². The summed E-state index contributed by atoms with van der Waals surface area (Å²) >= 11 is 0. The molecule has 1 aliphatic rings. The van der Waals surface area contributed by atoms with E-state index in [9.17, 15) is 0 Å². The highest BCUT2D eigenvalue weighted by atomic mass is 15.2. The van der Waals surface area contributed by atoms with Gasteiger partial charge in [0.05, 0.1) is 0 Å². The van der Waals surface area contributed by atoms with Crippen molar-refractivity contribution in [1.82, 2.24) is 9.97 Å². The summed E-state index contributed by atoms with van der Waals surface area (Å²) in [6.45, 7) is 10.2. The first-order valence-corrected chi connectivity index (χ1v) is 7.37. The molecule has 1 saturated heterocycles. The number of aryl methyl sites for hydroxylation is 1. The van der Waals surface area contributed by atoms with E-state index in [1.165, 1.54) is 6.42 Å². The highest BCUT2D eigenvalue weighted by molar-refractivity contribution is 5.50. The van der Waals surface area contributed by atoms with Crippen LogP contribution in [-0.4, -0.2) is 29.6 Å². The van der Waals surface area contributed by atoms with Gasteiger partial charge in [-0.15, -0.1) is 0 Å². The van der Waals surface area contributed by atoms with Gasteiger partial charge in [-0.3, -0.25) is 0 Å². The second-order valence-electron chi connectivity index (χ2n) is 5.84. The quantitative estimate of drug-likeness (QED) is 0.909. The van der Waals surface area contributed by atoms with Crippen LogP contribution < -0.4 is 10.2 Å². The predicted octanol–water partition coefficient (Wildman–Crippen LogP) is 2.95. The summed E-state index contributed by atoms with van der Waals surface area (Å²) in [5.74, 6) is 4.34. The lowest BCUT2D eigenvalue weighted by Crippen LogP contribution is -2.46. The van der Waals surface area contributed by atoms with E-state index in [0.29, 0.717) is 12.0 Å². The van der Waals surface area contributed by atoms with Crippen molar-refractivity contribution in [1.29, 1.82) is 0 Å². The first-order chi connectivity index (χ1) is 9.05. The van der Waals surface area contributed by atoms with Crippen LogP contribution in [0.4, 0.5) is 11.6 Å². The van der Waals surface area contributed by atoms with Gasteiger partial charge in [0, 0.05) is 32.1 Å². The second-order valence-corrected chi connectivity index (χ2v) is 5.84. The third-order valence-electron chi connectivity index (χ3n) is 4.22. The molecular formula is C15H26N4. The van der Waals surface area contributed by atoms with Crippen LogP contribution in [0.15, 0.2) is 6.07 Å². The van der Waals surface area contributed by atoms with Gasteiger partial charge in [0.2, 0.25) is 0 Å². The summed E-state index contributed by atoms with van der Waals surface area (Å²) in [4.78, 5) is 11.6. The number of hydrogen-bond donors (Lipinski definition) is 1. The summed E-state index contributed by atoms with van der Waals surface area (Å²) < 4.78 is 0. The van der Waals surface area contributed by atoms with Crippen LogP contribution in [0, 0.1) is 11.8 Å². The second kappa shape index (κ2) is 5.76. The summed E-state index contributed by atoms with van der Waals surface area (Å²) in [5, 5.41) is 3.14. The van der Waals surface area contributed by atoms with Crippen LogP contribution in [-0.2, 0) is 6.42 Å². The summed E-state index contributed by atoms with van der Waals surface area (Å²) in [5.41, 5.74) is 0. The number of nitrogens with zero attached hydrogens (tertiary/aromatic N) is 3. The Morgan fingerprint density at radius 3 is 2.68 bits per heavy atom. The van der Waals surface area contributed by atoms with Crippen molar-refractivity contribution in [3.63, 3.8) is 0 Å². The van der Waals surface area contributed by atoms with Crippen LogP contribution in [0.25, 0.3) is 0 Å². The van der Waals surface area contributed by atoms with E-state index in [1.54, 1.807) is 0 Å². The van der Waals surface area contributed by atoms with Crippen molar-refractivity contribution in [3.8, 4) is 0 Å². The molecule has 1 aliphatic heterocycles. The lowest BCUT2D eigenvalue weighted by molar-refractivity contribution is 0.295. The monoisotopic (exact) mass is 262 g/mol. The van der Waals surface area contributed by atoms with Gasteiger partial charge in [-0.2, -0.15) is 0 Å². The number of rotatable bonds is 3. The molecule has 0 spiro atoms. The molecule has 19 heavy (non-hydrogen) atoms. The van der Waals surface area contributed by atoms with Crippen molar-refractivity contribution in [3.05, 3.63) is 11.9 Å². The molecule has 2 rings (SSSR count). The Labute approximate surface area is 116 Å². The molecule has 0 amide bonds. The largest absolute Gasteiger partial charge is 0.373 e. The minimum atomic E-state index is 0.542. The first kappa shape index (κ1) is 14.1. The van der Waals surface area contributed by atoms with Crippen molar-refractivity contribution in [2.75, 3.05) is 23.8 Å². The molecule has 1 N–H and O–H groups in total. The molecule has 2 heterocycles. The van der Waals surface area contributed by atoms with Gasteiger partial charge in [-0.05, 0) is 25.2 Å². The molecule has 1 fully saturated rings. The van der Waals surface area contributed by atoms with E-state index >= 15 is 0 Å². The Morgan fingerprint density at radius 2 is 2.05 bits per heavy atom. The first-order valence-electron chi connectivity index (χ1n) is 7.37. The van der Waals surface area contributed by atoms with Crippen molar-refractivity contribution in [2.24, 2.45) is 11.8 Å². The summed E-state index contributed by atoms with van der Waals surface area (Å²) in [6.07, 6.45) is 2.18. The van der Waals surface area contributed by atoms with Crippen LogP contribution in [0.2, 0.25) is 0 Å². The zero-order chi connectivity index (χ0) is 14.0. The Bertz CT molecular complexity index is 410. The highest BCUT2D eigenvalue weighted by Gasteiger charge is 2.29. The van der Waals surface area contributed by atoms with Gasteiger partial charge in [0.1, 0.15) is 17.5 Å². The summed E-state index contributed by atoms with van der Waals surface area (Å²) in [7, 11) is 1.91. The van der Waals surface area contributed by atoms with E-state index < -0.39 is 0 Å². The molecule has 0 aromatic carbocycles. The Balaban J connectivity index is 2.33. The molecule has 0 aliphatic carbocycles. The molecule has 3 atom stereocenters. The topological polar surface area (TPSA) is 41.1 Å². The van der Waals surface area contributed by atoms with Crippen molar-refractivity contribution >= 4 is 11.6 Å². The zero-order valence-corrected chi connectivity index (χ0v) is 12.8.